The smallest absolute Gasteiger partial charge is 0.356 e. The molecule has 1 aromatic carbocycles. The first-order chi connectivity index (χ1) is 12.4. The third-order valence-corrected chi connectivity index (χ3v) is 4.74. The molecule has 8 heteroatoms. The summed E-state index contributed by atoms with van der Waals surface area (Å²) in [5.41, 5.74) is 0.393. The SMILES string of the molecule is Fc1ccc2c(C3CCN(c4ncccc4C(F)(F)F)CC3)noc2c1. The van der Waals surface area contributed by atoms with Crippen LogP contribution in [0.4, 0.5) is 23.4 Å². The average molecular weight is 365 g/mol. The van der Waals surface area contributed by atoms with Crippen molar-refractivity contribution < 1.29 is 22.1 Å². The maximum atomic E-state index is 13.3. The van der Waals surface area contributed by atoms with Crippen molar-refractivity contribution >= 4 is 16.8 Å². The van der Waals surface area contributed by atoms with Crippen LogP contribution in [0.15, 0.2) is 41.1 Å². The van der Waals surface area contributed by atoms with E-state index in [-0.39, 0.29) is 11.7 Å². The Morgan fingerprint density at radius 3 is 2.62 bits per heavy atom. The van der Waals surface area contributed by atoms with Crippen LogP contribution in [-0.4, -0.2) is 23.2 Å². The number of anilines is 1. The van der Waals surface area contributed by atoms with E-state index >= 15 is 0 Å². The van der Waals surface area contributed by atoms with Crippen LogP contribution in [0, 0.1) is 5.82 Å². The van der Waals surface area contributed by atoms with Crippen molar-refractivity contribution in [2.75, 3.05) is 18.0 Å². The highest BCUT2D eigenvalue weighted by Gasteiger charge is 2.36. The average Bonchev–Trinajstić information content (AvgIpc) is 3.04. The van der Waals surface area contributed by atoms with Gasteiger partial charge in [-0.1, -0.05) is 5.16 Å². The summed E-state index contributed by atoms with van der Waals surface area (Å²) in [5, 5.41) is 4.81. The molecule has 0 radical (unpaired) electrons. The lowest BCUT2D eigenvalue weighted by atomic mass is 9.91. The number of fused-ring (bicyclic) bond motifs is 1. The van der Waals surface area contributed by atoms with Gasteiger partial charge in [-0.05, 0) is 37.1 Å². The lowest BCUT2D eigenvalue weighted by molar-refractivity contribution is -0.137. The van der Waals surface area contributed by atoms with Gasteiger partial charge in [-0.3, -0.25) is 0 Å². The largest absolute Gasteiger partial charge is 0.419 e. The molecule has 4 rings (SSSR count). The Labute approximate surface area is 146 Å². The molecule has 1 aliphatic heterocycles. The Morgan fingerprint density at radius 1 is 1.12 bits per heavy atom. The first-order valence-electron chi connectivity index (χ1n) is 8.25. The predicted molar refractivity (Wildman–Crippen MR) is 87.4 cm³/mol. The second kappa shape index (κ2) is 6.26. The topological polar surface area (TPSA) is 42.2 Å². The molecule has 3 aromatic rings. The summed E-state index contributed by atoms with van der Waals surface area (Å²) in [6.07, 6.45) is -1.83. The third kappa shape index (κ3) is 3.00. The van der Waals surface area contributed by atoms with Crippen molar-refractivity contribution in [1.82, 2.24) is 10.1 Å². The molecular weight excluding hydrogens is 350 g/mol. The molecule has 136 valence electrons. The first kappa shape index (κ1) is 16.8. The van der Waals surface area contributed by atoms with Gasteiger partial charge in [0, 0.05) is 36.7 Å². The lowest BCUT2D eigenvalue weighted by Gasteiger charge is -2.33. The van der Waals surface area contributed by atoms with Gasteiger partial charge in [-0.15, -0.1) is 0 Å². The molecule has 3 heterocycles. The minimum atomic E-state index is -4.44. The van der Waals surface area contributed by atoms with E-state index in [0.29, 0.717) is 31.5 Å². The van der Waals surface area contributed by atoms with Gasteiger partial charge in [-0.2, -0.15) is 13.2 Å². The van der Waals surface area contributed by atoms with E-state index in [0.717, 1.165) is 17.1 Å². The second-order valence-electron chi connectivity index (χ2n) is 6.34. The number of hydrogen-bond acceptors (Lipinski definition) is 4. The quantitative estimate of drug-likeness (QED) is 0.614. The summed E-state index contributed by atoms with van der Waals surface area (Å²) < 4.78 is 58.0. The number of alkyl halides is 3. The molecule has 0 spiro atoms. The van der Waals surface area contributed by atoms with Crippen LogP contribution in [0.2, 0.25) is 0 Å². The van der Waals surface area contributed by atoms with E-state index in [9.17, 15) is 17.6 Å². The number of nitrogens with zero attached hydrogens (tertiary/aromatic N) is 3. The van der Waals surface area contributed by atoms with Crippen LogP contribution in [0.3, 0.4) is 0 Å². The molecule has 1 fully saturated rings. The van der Waals surface area contributed by atoms with E-state index in [1.165, 1.54) is 24.4 Å². The molecule has 0 saturated carbocycles. The summed E-state index contributed by atoms with van der Waals surface area (Å²) >= 11 is 0. The molecule has 0 unspecified atom stereocenters. The number of benzene rings is 1. The maximum Gasteiger partial charge on any atom is 0.419 e. The van der Waals surface area contributed by atoms with Gasteiger partial charge >= 0.3 is 6.18 Å². The number of rotatable bonds is 2. The van der Waals surface area contributed by atoms with Crippen LogP contribution in [0.25, 0.3) is 11.0 Å². The van der Waals surface area contributed by atoms with Crippen molar-refractivity contribution in [2.45, 2.75) is 24.9 Å². The molecule has 1 aliphatic rings. The minimum Gasteiger partial charge on any atom is -0.356 e. The molecule has 4 nitrogen and oxygen atoms in total. The standard InChI is InChI=1S/C18H15F4N3O/c19-12-3-4-13-15(10-12)26-24-16(13)11-5-8-25(9-6-11)17-14(18(20,21)22)2-1-7-23-17/h1-4,7,10-11H,5-6,8-9H2. The summed E-state index contributed by atoms with van der Waals surface area (Å²) in [7, 11) is 0. The summed E-state index contributed by atoms with van der Waals surface area (Å²) in [5.74, 6) is -0.383. The fourth-order valence-electron chi connectivity index (χ4n) is 3.46. The third-order valence-electron chi connectivity index (χ3n) is 4.74. The van der Waals surface area contributed by atoms with Crippen LogP contribution in [0.5, 0.6) is 0 Å². The number of aromatic nitrogens is 2. The Kier molecular flexibility index (Phi) is 4.05. The zero-order valence-electron chi connectivity index (χ0n) is 13.6. The second-order valence-corrected chi connectivity index (χ2v) is 6.34. The zero-order chi connectivity index (χ0) is 18.3. The van der Waals surface area contributed by atoms with E-state index in [1.807, 2.05) is 0 Å². The van der Waals surface area contributed by atoms with Crippen LogP contribution in [0.1, 0.15) is 30.0 Å². The summed E-state index contributed by atoms with van der Waals surface area (Å²) in [6.45, 7) is 0.862. The minimum absolute atomic E-state index is 0.0365. The van der Waals surface area contributed by atoms with Crippen molar-refractivity contribution in [3.05, 3.63) is 53.6 Å². The van der Waals surface area contributed by atoms with E-state index in [4.69, 9.17) is 4.52 Å². The molecule has 0 N–H and O–H groups in total. The van der Waals surface area contributed by atoms with Gasteiger partial charge in [0.1, 0.15) is 11.6 Å². The normalized spacial score (nSPS) is 16.4. The Balaban J connectivity index is 1.55. The monoisotopic (exact) mass is 365 g/mol. The molecule has 0 amide bonds. The Hall–Kier alpha value is -2.64. The fourth-order valence-corrected chi connectivity index (χ4v) is 3.46. The van der Waals surface area contributed by atoms with Crippen LogP contribution >= 0.6 is 0 Å². The molecule has 0 bridgehead atoms. The molecule has 1 saturated heterocycles. The summed E-state index contributed by atoms with van der Waals surface area (Å²) in [6, 6.07) is 6.60. The molecule has 26 heavy (non-hydrogen) atoms. The van der Waals surface area contributed by atoms with Gasteiger partial charge in [0.25, 0.3) is 0 Å². The van der Waals surface area contributed by atoms with Gasteiger partial charge < -0.3 is 9.42 Å². The molecule has 0 atom stereocenters. The van der Waals surface area contributed by atoms with Gasteiger partial charge in [0.2, 0.25) is 0 Å². The highest BCUT2D eigenvalue weighted by molar-refractivity contribution is 5.80. The van der Waals surface area contributed by atoms with Gasteiger partial charge in [-0.25, -0.2) is 9.37 Å². The van der Waals surface area contributed by atoms with Crippen molar-refractivity contribution in [3.63, 3.8) is 0 Å². The molecular formula is C18H15F4N3O. The maximum absolute atomic E-state index is 13.3. The van der Waals surface area contributed by atoms with Crippen LogP contribution < -0.4 is 4.90 Å². The van der Waals surface area contributed by atoms with Crippen molar-refractivity contribution in [2.24, 2.45) is 0 Å². The summed E-state index contributed by atoms with van der Waals surface area (Å²) in [4.78, 5) is 5.60. The Morgan fingerprint density at radius 2 is 1.88 bits per heavy atom. The Bertz CT molecular complexity index is 930. The fraction of sp³-hybridized carbons (Fsp3) is 0.333. The van der Waals surface area contributed by atoms with E-state index < -0.39 is 17.6 Å². The zero-order valence-corrected chi connectivity index (χ0v) is 13.6. The van der Waals surface area contributed by atoms with Crippen molar-refractivity contribution in [3.8, 4) is 0 Å². The highest BCUT2D eigenvalue weighted by atomic mass is 19.4. The highest BCUT2D eigenvalue weighted by Crippen LogP contribution is 2.38. The van der Waals surface area contributed by atoms with E-state index in [1.54, 1.807) is 11.0 Å². The van der Waals surface area contributed by atoms with Crippen LogP contribution in [-0.2, 0) is 6.18 Å². The van der Waals surface area contributed by atoms with E-state index in [2.05, 4.69) is 10.1 Å². The molecule has 0 aliphatic carbocycles. The number of halogens is 4. The number of hydrogen-bond donors (Lipinski definition) is 0. The van der Waals surface area contributed by atoms with Gasteiger partial charge in [0.05, 0.1) is 11.3 Å². The predicted octanol–water partition coefficient (Wildman–Crippen LogP) is 4.76. The number of pyridine rings is 1. The lowest BCUT2D eigenvalue weighted by Crippen LogP contribution is -2.35. The van der Waals surface area contributed by atoms with Crippen molar-refractivity contribution in [1.29, 1.82) is 0 Å². The van der Waals surface area contributed by atoms with Gasteiger partial charge in [0.15, 0.2) is 5.58 Å². The molecule has 2 aromatic heterocycles. The number of piperidine rings is 1. The first-order valence-corrected chi connectivity index (χ1v) is 8.25.